The van der Waals surface area contributed by atoms with Gasteiger partial charge < -0.3 is 4.74 Å². The zero-order valence-electron chi connectivity index (χ0n) is 11.2. The van der Waals surface area contributed by atoms with Gasteiger partial charge >= 0.3 is 0 Å². The third kappa shape index (κ3) is 2.23. The summed E-state index contributed by atoms with van der Waals surface area (Å²) in [5.74, 6) is 0.296. The van der Waals surface area contributed by atoms with Gasteiger partial charge in [-0.3, -0.25) is 9.59 Å². The number of ketones is 2. The molecule has 0 aromatic heterocycles. The second kappa shape index (κ2) is 4.93. The fourth-order valence-electron chi connectivity index (χ4n) is 2.33. The lowest BCUT2D eigenvalue weighted by Gasteiger charge is -2.19. The van der Waals surface area contributed by atoms with Crippen LogP contribution in [-0.2, 0) is 9.59 Å². The molecule has 0 radical (unpaired) electrons. The van der Waals surface area contributed by atoms with Gasteiger partial charge in [-0.25, -0.2) is 0 Å². The van der Waals surface area contributed by atoms with E-state index in [0.717, 1.165) is 18.4 Å². The van der Waals surface area contributed by atoms with E-state index >= 15 is 0 Å². The van der Waals surface area contributed by atoms with E-state index in [4.69, 9.17) is 4.74 Å². The molecule has 0 saturated carbocycles. The smallest absolute Gasteiger partial charge is 0.228 e. The molecule has 2 aliphatic carbocycles. The van der Waals surface area contributed by atoms with Gasteiger partial charge in [0.2, 0.25) is 5.78 Å². The summed E-state index contributed by atoms with van der Waals surface area (Å²) in [6.07, 6.45) is 6.53. The van der Waals surface area contributed by atoms with Crippen LogP contribution >= 0.6 is 0 Å². The summed E-state index contributed by atoms with van der Waals surface area (Å²) in [5, 5.41) is 0. The molecule has 0 unspecified atom stereocenters. The third-order valence-corrected chi connectivity index (χ3v) is 3.40. The lowest BCUT2D eigenvalue weighted by atomic mass is 9.86. The standard InChI is InChI=1S/C17H14O3/c1-11-6-8-12(9-7-11)20-16-10-15(18)13-4-2-3-5-14(13)17(16)19/h4-10H,2-3H2,1H3. The average Bonchev–Trinajstić information content (AvgIpc) is 2.47. The van der Waals surface area contributed by atoms with Crippen LogP contribution in [0.25, 0.3) is 0 Å². The molecule has 100 valence electrons. The summed E-state index contributed by atoms with van der Waals surface area (Å²) < 4.78 is 5.56. The number of aryl methyl sites for hydroxylation is 1. The molecule has 0 N–H and O–H groups in total. The van der Waals surface area contributed by atoms with Crippen LogP contribution in [0.3, 0.4) is 0 Å². The fraction of sp³-hybridized carbons (Fsp3) is 0.176. The minimum Gasteiger partial charge on any atom is -0.453 e. The molecule has 20 heavy (non-hydrogen) atoms. The van der Waals surface area contributed by atoms with Gasteiger partial charge in [0, 0.05) is 17.2 Å². The molecule has 0 amide bonds. The van der Waals surface area contributed by atoms with Gasteiger partial charge in [0.1, 0.15) is 5.75 Å². The molecular weight excluding hydrogens is 252 g/mol. The van der Waals surface area contributed by atoms with Crippen molar-refractivity contribution in [3.63, 3.8) is 0 Å². The van der Waals surface area contributed by atoms with E-state index < -0.39 is 0 Å². The van der Waals surface area contributed by atoms with E-state index in [0.29, 0.717) is 16.9 Å². The summed E-state index contributed by atoms with van der Waals surface area (Å²) in [4.78, 5) is 24.3. The van der Waals surface area contributed by atoms with Crippen LogP contribution in [0.4, 0.5) is 0 Å². The predicted molar refractivity (Wildman–Crippen MR) is 75.3 cm³/mol. The highest BCUT2D eigenvalue weighted by Gasteiger charge is 2.30. The molecule has 0 spiro atoms. The Balaban J connectivity index is 1.92. The number of fused-ring (bicyclic) bond motifs is 1. The van der Waals surface area contributed by atoms with Crippen LogP contribution in [0.15, 0.2) is 59.4 Å². The number of ether oxygens (including phenoxy) is 1. The van der Waals surface area contributed by atoms with Crippen molar-refractivity contribution >= 4 is 11.6 Å². The molecule has 3 rings (SSSR count). The molecule has 1 aromatic carbocycles. The molecule has 0 fully saturated rings. The molecule has 0 bridgehead atoms. The second-order valence-corrected chi connectivity index (χ2v) is 4.93. The van der Waals surface area contributed by atoms with Crippen LogP contribution < -0.4 is 4.74 Å². The number of rotatable bonds is 2. The second-order valence-electron chi connectivity index (χ2n) is 4.93. The molecule has 0 heterocycles. The molecule has 3 nitrogen and oxygen atoms in total. The first-order valence-electron chi connectivity index (χ1n) is 6.61. The Morgan fingerprint density at radius 2 is 1.60 bits per heavy atom. The Hall–Kier alpha value is -2.42. The van der Waals surface area contributed by atoms with Gasteiger partial charge in [-0.05, 0) is 31.9 Å². The normalized spacial score (nSPS) is 17.9. The van der Waals surface area contributed by atoms with E-state index in [9.17, 15) is 9.59 Å². The number of hydrogen-bond acceptors (Lipinski definition) is 3. The number of Topliss-reactive ketones (excluding diaryl/α,β-unsaturated/α-hetero) is 1. The quantitative estimate of drug-likeness (QED) is 0.826. The van der Waals surface area contributed by atoms with E-state index in [1.54, 1.807) is 12.1 Å². The van der Waals surface area contributed by atoms with Crippen LogP contribution in [0.2, 0.25) is 0 Å². The van der Waals surface area contributed by atoms with Crippen molar-refractivity contribution in [2.24, 2.45) is 0 Å². The molecule has 2 aliphatic rings. The van der Waals surface area contributed by atoms with Crippen molar-refractivity contribution in [1.29, 1.82) is 0 Å². The summed E-state index contributed by atoms with van der Waals surface area (Å²) >= 11 is 0. The van der Waals surface area contributed by atoms with E-state index in [1.165, 1.54) is 6.08 Å². The van der Waals surface area contributed by atoms with Gasteiger partial charge in [0.15, 0.2) is 11.5 Å². The summed E-state index contributed by atoms with van der Waals surface area (Å²) in [5.41, 5.74) is 2.10. The minimum absolute atomic E-state index is 0.101. The van der Waals surface area contributed by atoms with Crippen molar-refractivity contribution in [1.82, 2.24) is 0 Å². The number of benzene rings is 1. The molecular formula is C17H14O3. The van der Waals surface area contributed by atoms with Crippen molar-refractivity contribution < 1.29 is 14.3 Å². The maximum atomic E-state index is 12.3. The minimum atomic E-state index is -0.212. The molecule has 3 heteroatoms. The SMILES string of the molecule is Cc1ccc(OC2=CC(=O)C3=CCCC=C3C2=O)cc1. The Kier molecular flexibility index (Phi) is 3.11. The maximum absolute atomic E-state index is 12.3. The molecule has 0 saturated heterocycles. The lowest BCUT2D eigenvalue weighted by molar-refractivity contribution is -0.117. The highest BCUT2D eigenvalue weighted by molar-refractivity contribution is 6.26. The van der Waals surface area contributed by atoms with Crippen LogP contribution in [0, 0.1) is 6.92 Å². The highest BCUT2D eigenvalue weighted by Crippen LogP contribution is 2.29. The molecule has 1 aromatic rings. The zero-order valence-corrected chi connectivity index (χ0v) is 11.2. The van der Waals surface area contributed by atoms with Crippen molar-refractivity contribution in [3.05, 3.63) is 65.0 Å². The van der Waals surface area contributed by atoms with Gasteiger partial charge in [0.25, 0.3) is 0 Å². The molecule has 0 atom stereocenters. The number of carbonyl (C=O) groups is 2. The van der Waals surface area contributed by atoms with E-state index in [1.807, 2.05) is 31.2 Å². The number of hydrogen-bond donors (Lipinski definition) is 0. The largest absolute Gasteiger partial charge is 0.453 e. The Labute approximate surface area is 117 Å². The average molecular weight is 266 g/mol. The van der Waals surface area contributed by atoms with Crippen LogP contribution in [-0.4, -0.2) is 11.6 Å². The summed E-state index contributed by atoms with van der Waals surface area (Å²) in [7, 11) is 0. The first-order chi connectivity index (χ1) is 9.65. The van der Waals surface area contributed by atoms with Gasteiger partial charge in [-0.15, -0.1) is 0 Å². The monoisotopic (exact) mass is 266 g/mol. The molecule has 0 aliphatic heterocycles. The Morgan fingerprint density at radius 3 is 2.30 bits per heavy atom. The van der Waals surface area contributed by atoms with Crippen LogP contribution in [0.5, 0.6) is 5.75 Å². The van der Waals surface area contributed by atoms with Crippen molar-refractivity contribution in [3.8, 4) is 5.75 Å². The third-order valence-electron chi connectivity index (χ3n) is 3.40. The van der Waals surface area contributed by atoms with Gasteiger partial charge in [-0.2, -0.15) is 0 Å². The van der Waals surface area contributed by atoms with E-state index in [-0.39, 0.29) is 17.3 Å². The summed E-state index contributed by atoms with van der Waals surface area (Å²) in [6, 6.07) is 7.37. The highest BCUT2D eigenvalue weighted by atomic mass is 16.5. The fourth-order valence-corrected chi connectivity index (χ4v) is 2.33. The van der Waals surface area contributed by atoms with Gasteiger partial charge in [-0.1, -0.05) is 29.8 Å². The first kappa shape index (κ1) is 12.6. The first-order valence-corrected chi connectivity index (χ1v) is 6.61. The Bertz CT molecular complexity index is 673. The van der Waals surface area contributed by atoms with Crippen molar-refractivity contribution in [2.45, 2.75) is 19.8 Å². The maximum Gasteiger partial charge on any atom is 0.228 e. The lowest BCUT2D eigenvalue weighted by Crippen LogP contribution is -2.24. The number of allylic oxidation sites excluding steroid dienone is 5. The topological polar surface area (TPSA) is 43.4 Å². The number of carbonyl (C=O) groups excluding carboxylic acids is 2. The van der Waals surface area contributed by atoms with Gasteiger partial charge in [0.05, 0.1) is 0 Å². The zero-order chi connectivity index (χ0) is 14.1. The Morgan fingerprint density at radius 1 is 0.950 bits per heavy atom. The predicted octanol–water partition coefficient (Wildman–Crippen LogP) is 3.06. The van der Waals surface area contributed by atoms with Crippen LogP contribution in [0.1, 0.15) is 18.4 Å². The van der Waals surface area contributed by atoms with Crippen molar-refractivity contribution in [2.75, 3.05) is 0 Å². The van der Waals surface area contributed by atoms with E-state index in [2.05, 4.69) is 0 Å². The summed E-state index contributed by atoms with van der Waals surface area (Å²) in [6.45, 7) is 1.97.